The van der Waals surface area contributed by atoms with Gasteiger partial charge in [-0.05, 0) is 23.8 Å². The Kier molecular flexibility index (Phi) is 4.96. The van der Waals surface area contributed by atoms with E-state index >= 15 is 0 Å². The molecule has 2 N–H and O–H groups in total. The van der Waals surface area contributed by atoms with Crippen LogP contribution in [0.2, 0.25) is 0 Å². The van der Waals surface area contributed by atoms with Crippen LogP contribution in [-0.2, 0) is 6.61 Å². The van der Waals surface area contributed by atoms with Crippen molar-refractivity contribution in [2.45, 2.75) is 12.7 Å². The maximum atomic E-state index is 10.0. The van der Waals surface area contributed by atoms with E-state index in [4.69, 9.17) is 4.74 Å². The van der Waals surface area contributed by atoms with Gasteiger partial charge in [-0.25, -0.2) is 0 Å². The van der Waals surface area contributed by atoms with Gasteiger partial charge in [0.1, 0.15) is 18.5 Å². The fourth-order valence-electron chi connectivity index (χ4n) is 1.75. The SMILES string of the molecule is OCc1cc(Br)ccc1OCC(O)c1ccccc1. The molecule has 100 valence electrons. The Balaban J connectivity index is 2.03. The molecule has 0 bridgehead atoms. The van der Waals surface area contributed by atoms with E-state index in [1.807, 2.05) is 36.4 Å². The quantitative estimate of drug-likeness (QED) is 0.889. The predicted octanol–water partition coefficient (Wildman–Crippen LogP) is 3.05. The van der Waals surface area contributed by atoms with Crippen molar-refractivity contribution in [3.8, 4) is 5.75 Å². The van der Waals surface area contributed by atoms with Crippen LogP contribution in [0.15, 0.2) is 53.0 Å². The fourth-order valence-corrected chi connectivity index (χ4v) is 2.16. The Morgan fingerprint density at radius 1 is 1.11 bits per heavy atom. The zero-order valence-corrected chi connectivity index (χ0v) is 11.9. The second-order valence-electron chi connectivity index (χ2n) is 4.15. The highest BCUT2D eigenvalue weighted by molar-refractivity contribution is 9.10. The summed E-state index contributed by atoms with van der Waals surface area (Å²) >= 11 is 3.34. The van der Waals surface area contributed by atoms with Crippen LogP contribution < -0.4 is 4.74 Å². The van der Waals surface area contributed by atoms with Gasteiger partial charge in [-0.15, -0.1) is 0 Å². The molecule has 0 aliphatic carbocycles. The summed E-state index contributed by atoms with van der Waals surface area (Å²) in [5, 5.41) is 19.3. The number of aliphatic hydroxyl groups is 2. The van der Waals surface area contributed by atoms with Crippen molar-refractivity contribution < 1.29 is 14.9 Å². The van der Waals surface area contributed by atoms with Gasteiger partial charge < -0.3 is 14.9 Å². The lowest BCUT2D eigenvalue weighted by atomic mass is 10.1. The van der Waals surface area contributed by atoms with Crippen LogP contribution in [0.3, 0.4) is 0 Å². The highest BCUT2D eigenvalue weighted by Gasteiger charge is 2.10. The van der Waals surface area contributed by atoms with Gasteiger partial charge in [-0.1, -0.05) is 46.3 Å². The Morgan fingerprint density at radius 2 is 1.84 bits per heavy atom. The van der Waals surface area contributed by atoms with E-state index in [2.05, 4.69) is 15.9 Å². The molecule has 0 fully saturated rings. The van der Waals surface area contributed by atoms with Gasteiger partial charge in [0.05, 0.1) is 6.61 Å². The van der Waals surface area contributed by atoms with Crippen molar-refractivity contribution in [2.24, 2.45) is 0 Å². The maximum absolute atomic E-state index is 10.0. The van der Waals surface area contributed by atoms with Crippen LogP contribution in [0, 0.1) is 0 Å². The number of hydrogen-bond acceptors (Lipinski definition) is 3. The first-order chi connectivity index (χ1) is 9.20. The monoisotopic (exact) mass is 322 g/mol. The Labute approximate surface area is 120 Å². The van der Waals surface area contributed by atoms with E-state index in [-0.39, 0.29) is 13.2 Å². The molecule has 0 aliphatic rings. The Bertz CT molecular complexity index is 528. The predicted molar refractivity (Wildman–Crippen MR) is 77.0 cm³/mol. The number of hydrogen-bond donors (Lipinski definition) is 2. The molecule has 0 heterocycles. The van der Waals surface area contributed by atoms with Gasteiger partial charge >= 0.3 is 0 Å². The summed E-state index contributed by atoms with van der Waals surface area (Å²) in [4.78, 5) is 0. The minimum absolute atomic E-state index is 0.101. The van der Waals surface area contributed by atoms with E-state index in [9.17, 15) is 10.2 Å². The number of halogens is 1. The molecule has 19 heavy (non-hydrogen) atoms. The average molecular weight is 323 g/mol. The molecule has 0 spiro atoms. The third kappa shape index (κ3) is 3.80. The van der Waals surface area contributed by atoms with E-state index in [1.165, 1.54) is 0 Å². The number of rotatable bonds is 5. The topological polar surface area (TPSA) is 49.7 Å². The van der Waals surface area contributed by atoms with Gasteiger partial charge in [-0.2, -0.15) is 0 Å². The summed E-state index contributed by atoms with van der Waals surface area (Å²) in [6.07, 6.45) is -0.684. The van der Waals surface area contributed by atoms with E-state index in [0.29, 0.717) is 11.3 Å². The second-order valence-corrected chi connectivity index (χ2v) is 5.06. The molecule has 0 aliphatic heterocycles. The van der Waals surface area contributed by atoms with Gasteiger partial charge in [-0.3, -0.25) is 0 Å². The van der Waals surface area contributed by atoms with E-state index in [1.54, 1.807) is 12.1 Å². The minimum atomic E-state index is -0.684. The van der Waals surface area contributed by atoms with Crippen molar-refractivity contribution in [1.82, 2.24) is 0 Å². The van der Waals surface area contributed by atoms with Crippen LogP contribution in [0.25, 0.3) is 0 Å². The van der Waals surface area contributed by atoms with Crippen molar-refractivity contribution in [2.75, 3.05) is 6.61 Å². The summed E-state index contributed by atoms with van der Waals surface area (Å²) in [6, 6.07) is 14.7. The lowest BCUT2D eigenvalue weighted by Crippen LogP contribution is -2.10. The molecule has 2 aromatic rings. The largest absolute Gasteiger partial charge is 0.490 e. The number of aliphatic hydroxyl groups excluding tert-OH is 2. The highest BCUT2D eigenvalue weighted by Crippen LogP contribution is 2.24. The molecule has 4 heteroatoms. The molecule has 1 unspecified atom stereocenters. The maximum Gasteiger partial charge on any atom is 0.125 e. The lowest BCUT2D eigenvalue weighted by molar-refractivity contribution is 0.106. The molecule has 0 saturated heterocycles. The van der Waals surface area contributed by atoms with Gasteiger partial charge in [0.15, 0.2) is 0 Å². The molecule has 0 saturated carbocycles. The average Bonchev–Trinajstić information content (AvgIpc) is 2.46. The first-order valence-corrected chi connectivity index (χ1v) is 6.75. The number of ether oxygens (including phenoxy) is 1. The van der Waals surface area contributed by atoms with Gasteiger partial charge in [0.2, 0.25) is 0 Å². The zero-order chi connectivity index (χ0) is 13.7. The van der Waals surface area contributed by atoms with Crippen molar-refractivity contribution >= 4 is 15.9 Å². The van der Waals surface area contributed by atoms with Crippen LogP contribution >= 0.6 is 15.9 Å². The van der Waals surface area contributed by atoms with Gasteiger partial charge in [0.25, 0.3) is 0 Å². The molecule has 0 radical (unpaired) electrons. The third-order valence-corrected chi connectivity index (χ3v) is 3.27. The fraction of sp³-hybridized carbons (Fsp3) is 0.200. The zero-order valence-electron chi connectivity index (χ0n) is 10.3. The van der Waals surface area contributed by atoms with Gasteiger partial charge in [0, 0.05) is 10.0 Å². The van der Waals surface area contributed by atoms with Crippen molar-refractivity contribution in [3.63, 3.8) is 0 Å². The first-order valence-electron chi connectivity index (χ1n) is 5.96. The minimum Gasteiger partial charge on any atom is -0.490 e. The van der Waals surface area contributed by atoms with Crippen LogP contribution in [0.1, 0.15) is 17.2 Å². The van der Waals surface area contributed by atoms with Crippen molar-refractivity contribution in [1.29, 1.82) is 0 Å². The normalized spacial score (nSPS) is 12.2. The summed E-state index contributed by atoms with van der Waals surface area (Å²) in [6.45, 7) is 0.0504. The lowest BCUT2D eigenvalue weighted by Gasteiger charge is -2.14. The second kappa shape index (κ2) is 6.70. The summed E-state index contributed by atoms with van der Waals surface area (Å²) < 4.78 is 6.45. The molecule has 2 rings (SSSR count). The highest BCUT2D eigenvalue weighted by atomic mass is 79.9. The first kappa shape index (κ1) is 14.1. The molecule has 3 nitrogen and oxygen atoms in total. The standard InChI is InChI=1S/C15H15BrO3/c16-13-6-7-15(12(8-13)9-17)19-10-14(18)11-4-2-1-3-5-11/h1-8,14,17-18H,9-10H2. The van der Waals surface area contributed by atoms with Crippen LogP contribution in [0.4, 0.5) is 0 Å². The Morgan fingerprint density at radius 3 is 2.53 bits per heavy atom. The summed E-state index contributed by atoms with van der Waals surface area (Å²) in [5.41, 5.74) is 1.50. The molecular formula is C15H15BrO3. The summed E-state index contributed by atoms with van der Waals surface area (Å²) in [5.74, 6) is 0.584. The van der Waals surface area contributed by atoms with Crippen molar-refractivity contribution in [3.05, 3.63) is 64.1 Å². The smallest absolute Gasteiger partial charge is 0.125 e. The molecule has 0 amide bonds. The summed E-state index contributed by atoms with van der Waals surface area (Å²) in [7, 11) is 0. The molecular weight excluding hydrogens is 308 g/mol. The van der Waals surface area contributed by atoms with Crippen LogP contribution in [0.5, 0.6) is 5.75 Å². The molecule has 2 aromatic carbocycles. The Hall–Kier alpha value is -1.36. The molecule has 0 aromatic heterocycles. The number of benzene rings is 2. The van der Waals surface area contributed by atoms with E-state index < -0.39 is 6.10 Å². The third-order valence-electron chi connectivity index (χ3n) is 2.77. The molecule has 1 atom stereocenters. The van der Waals surface area contributed by atoms with Crippen LogP contribution in [-0.4, -0.2) is 16.8 Å². The van der Waals surface area contributed by atoms with E-state index in [0.717, 1.165) is 10.0 Å².